The van der Waals surface area contributed by atoms with Crippen molar-refractivity contribution in [3.8, 4) is 17.0 Å². The highest BCUT2D eigenvalue weighted by Gasteiger charge is 2.47. The van der Waals surface area contributed by atoms with Gasteiger partial charge in [-0.05, 0) is 31.2 Å². The molecule has 0 saturated carbocycles. The van der Waals surface area contributed by atoms with Crippen molar-refractivity contribution in [3.05, 3.63) is 42.4 Å². The molecule has 0 radical (unpaired) electrons. The predicted molar refractivity (Wildman–Crippen MR) is 116 cm³/mol. The molecule has 1 aliphatic heterocycles. The lowest BCUT2D eigenvalue weighted by Gasteiger charge is -2.39. The van der Waals surface area contributed by atoms with E-state index < -0.39 is 41.7 Å². The average molecular weight is 461 g/mol. The number of aromatic nitrogens is 2. The third-order valence-corrected chi connectivity index (χ3v) is 5.79. The summed E-state index contributed by atoms with van der Waals surface area (Å²) in [5.74, 6) is -0.963. The quantitative estimate of drug-likeness (QED) is 0.471. The zero-order valence-corrected chi connectivity index (χ0v) is 19.0. The van der Waals surface area contributed by atoms with Crippen molar-refractivity contribution in [2.75, 3.05) is 5.75 Å². The molecule has 0 N–H and O–H groups in total. The Balaban J connectivity index is 1.82. The van der Waals surface area contributed by atoms with E-state index in [1.807, 2.05) is 19.1 Å². The van der Waals surface area contributed by atoms with Gasteiger partial charge in [-0.1, -0.05) is 0 Å². The van der Waals surface area contributed by atoms with Gasteiger partial charge in [0.1, 0.15) is 5.75 Å². The van der Waals surface area contributed by atoms with Crippen molar-refractivity contribution < 1.29 is 33.3 Å². The van der Waals surface area contributed by atoms with Gasteiger partial charge < -0.3 is 18.9 Å². The van der Waals surface area contributed by atoms with Crippen LogP contribution >= 0.6 is 11.8 Å². The molecule has 1 aliphatic rings. The SMILES string of the molecule is CC(=O)O[C@H]1[C@H](OC(C)=O)CSC(Oc2ccc(-c3cccnc3C)nc2)[C@@H]1OC(C)=O. The van der Waals surface area contributed by atoms with E-state index in [-0.39, 0.29) is 0 Å². The number of esters is 3. The lowest BCUT2D eigenvalue weighted by molar-refractivity contribution is -0.186. The lowest BCUT2D eigenvalue weighted by Crippen LogP contribution is -2.55. The number of hydrogen-bond donors (Lipinski definition) is 0. The molecule has 170 valence electrons. The highest BCUT2D eigenvalue weighted by atomic mass is 32.2. The van der Waals surface area contributed by atoms with Crippen molar-refractivity contribution in [1.29, 1.82) is 0 Å². The molecule has 1 fully saturated rings. The molecule has 0 spiro atoms. The summed E-state index contributed by atoms with van der Waals surface area (Å²) in [6, 6.07) is 7.32. The molecule has 2 aromatic rings. The zero-order chi connectivity index (χ0) is 23.3. The van der Waals surface area contributed by atoms with E-state index in [2.05, 4.69) is 9.97 Å². The van der Waals surface area contributed by atoms with Crippen molar-refractivity contribution in [2.24, 2.45) is 0 Å². The summed E-state index contributed by atoms with van der Waals surface area (Å²) in [5, 5.41) is 0. The first-order valence-electron chi connectivity index (χ1n) is 9.92. The molecule has 9 nitrogen and oxygen atoms in total. The molecule has 0 amide bonds. The highest BCUT2D eigenvalue weighted by molar-refractivity contribution is 7.99. The van der Waals surface area contributed by atoms with Crippen molar-refractivity contribution in [1.82, 2.24) is 9.97 Å². The molecule has 0 bridgehead atoms. The lowest BCUT2D eigenvalue weighted by atomic mass is 10.1. The normalized spacial score (nSPS) is 22.5. The maximum absolute atomic E-state index is 11.8. The molecule has 3 rings (SSSR count). The number of nitrogens with zero attached hydrogens (tertiary/aromatic N) is 2. The summed E-state index contributed by atoms with van der Waals surface area (Å²) in [6.07, 6.45) is 0.511. The second-order valence-corrected chi connectivity index (χ2v) is 8.26. The number of pyridine rings is 2. The van der Waals surface area contributed by atoms with E-state index in [0.717, 1.165) is 17.0 Å². The molecule has 4 atom stereocenters. The molecule has 0 aliphatic carbocycles. The molecule has 1 saturated heterocycles. The van der Waals surface area contributed by atoms with E-state index in [4.69, 9.17) is 18.9 Å². The van der Waals surface area contributed by atoms with Gasteiger partial charge in [0.05, 0.1) is 11.9 Å². The molecular weight excluding hydrogens is 436 g/mol. The fourth-order valence-electron chi connectivity index (χ4n) is 3.31. The Morgan fingerprint density at radius 2 is 1.62 bits per heavy atom. The molecule has 32 heavy (non-hydrogen) atoms. The van der Waals surface area contributed by atoms with E-state index >= 15 is 0 Å². The molecular formula is C22H24N2O7S. The second kappa shape index (κ2) is 10.4. The fourth-order valence-corrected chi connectivity index (χ4v) is 4.52. The van der Waals surface area contributed by atoms with Gasteiger partial charge in [0.15, 0.2) is 23.7 Å². The van der Waals surface area contributed by atoms with Gasteiger partial charge in [-0.2, -0.15) is 0 Å². The molecule has 1 unspecified atom stereocenters. The van der Waals surface area contributed by atoms with Crippen LogP contribution in [0.15, 0.2) is 36.7 Å². The van der Waals surface area contributed by atoms with Crippen LogP contribution in [0.4, 0.5) is 0 Å². The van der Waals surface area contributed by atoms with E-state index in [1.54, 1.807) is 24.5 Å². The minimum Gasteiger partial charge on any atom is -0.474 e. The fraction of sp³-hybridized carbons (Fsp3) is 0.409. The topological polar surface area (TPSA) is 114 Å². The highest BCUT2D eigenvalue weighted by Crippen LogP contribution is 2.34. The average Bonchev–Trinajstić information content (AvgIpc) is 2.72. The molecule has 2 aromatic heterocycles. The summed E-state index contributed by atoms with van der Waals surface area (Å²) in [5.41, 5.74) is 1.79. The maximum Gasteiger partial charge on any atom is 0.303 e. The van der Waals surface area contributed by atoms with Crippen LogP contribution in [0.5, 0.6) is 5.75 Å². The predicted octanol–water partition coefficient (Wildman–Crippen LogP) is 2.70. The Kier molecular flexibility index (Phi) is 7.68. The number of carbonyl (C=O) groups excluding carboxylic acids is 3. The van der Waals surface area contributed by atoms with Crippen LogP contribution in [0.3, 0.4) is 0 Å². The number of rotatable bonds is 6. The summed E-state index contributed by atoms with van der Waals surface area (Å²) in [4.78, 5) is 43.6. The number of carbonyl (C=O) groups is 3. The van der Waals surface area contributed by atoms with Crippen LogP contribution in [-0.4, -0.2) is 57.4 Å². The maximum atomic E-state index is 11.8. The molecule has 3 heterocycles. The van der Waals surface area contributed by atoms with Crippen molar-refractivity contribution >= 4 is 29.7 Å². The molecule has 10 heteroatoms. The number of aryl methyl sites for hydroxylation is 1. The van der Waals surface area contributed by atoms with Gasteiger partial charge in [-0.25, -0.2) is 0 Å². The van der Waals surface area contributed by atoms with Gasteiger partial charge in [0.25, 0.3) is 0 Å². The van der Waals surface area contributed by atoms with Crippen molar-refractivity contribution in [3.63, 3.8) is 0 Å². The van der Waals surface area contributed by atoms with E-state index in [0.29, 0.717) is 11.5 Å². The Morgan fingerprint density at radius 3 is 2.22 bits per heavy atom. The standard InChI is InChI=1S/C22H24N2O7S/c1-12-17(6-5-9-23-12)18-8-7-16(10-24-18)31-22-21(30-15(4)27)20(29-14(3)26)19(11-32-22)28-13(2)25/h5-10,19-22H,11H2,1-4H3/t19-,20+,21-,22?/m1/s1. The molecule has 0 aromatic carbocycles. The van der Waals surface area contributed by atoms with Gasteiger partial charge in [0.2, 0.25) is 0 Å². The first-order chi connectivity index (χ1) is 15.2. The Bertz CT molecular complexity index is 982. The van der Waals surface area contributed by atoms with Gasteiger partial charge >= 0.3 is 17.9 Å². The van der Waals surface area contributed by atoms with Crippen LogP contribution in [0.2, 0.25) is 0 Å². The van der Waals surface area contributed by atoms with Gasteiger partial charge in [0, 0.05) is 44.0 Å². The minimum atomic E-state index is -1.00. The first-order valence-corrected chi connectivity index (χ1v) is 11.0. The summed E-state index contributed by atoms with van der Waals surface area (Å²) >= 11 is 1.29. The van der Waals surface area contributed by atoms with Crippen LogP contribution < -0.4 is 4.74 Å². The second-order valence-electron chi connectivity index (χ2n) is 7.13. The monoisotopic (exact) mass is 460 g/mol. The van der Waals surface area contributed by atoms with E-state index in [9.17, 15) is 14.4 Å². The van der Waals surface area contributed by atoms with Crippen LogP contribution in [0, 0.1) is 6.92 Å². The van der Waals surface area contributed by atoms with Gasteiger partial charge in [-0.3, -0.25) is 24.4 Å². The number of ether oxygens (including phenoxy) is 4. The third kappa shape index (κ3) is 5.97. The first kappa shape index (κ1) is 23.5. The Hall–Kier alpha value is -3.14. The van der Waals surface area contributed by atoms with Crippen LogP contribution in [-0.2, 0) is 28.6 Å². The Morgan fingerprint density at radius 1 is 0.938 bits per heavy atom. The minimum absolute atomic E-state index is 0.292. The third-order valence-electron chi connectivity index (χ3n) is 4.58. The van der Waals surface area contributed by atoms with Crippen LogP contribution in [0.1, 0.15) is 26.5 Å². The largest absolute Gasteiger partial charge is 0.474 e. The number of thioether (sulfide) groups is 1. The van der Waals surface area contributed by atoms with E-state index in [1.165, 1.54) is 32.5 Å². The number of hydrogen-bond acceptors (Lipinski definition) is 10. The summed E-state index contributed by atoms with van der Waals surface area (Å²) in [6.45, 7) is 5.64. The van der Waals surface area contributed by atoms with Crippen molar-refractivity contribution in [2.45, 2.75) is 51.4 Å². The van der Waals surface area contributed by atoms with Gasteiger partial charge in [-0.15, -0.1) is 11.8 Å². The summed E-state index contributed by atoms with van der Waals surface area (Å²) < 4.78 is 22.1. The van der Waals surface area contributed by atoms with Crippen LogP contribution in [0.25, 0.3) is 11.3 Å². The zero-order valence-electron chi connectivity index (χ0n) is 18.1. The Labute approximate surface area is 189 Å². The smallest absolute Gasteiger partial charge is 0.303 e. The summed E-state index contributed by atoms with van der Waals surface area (Å²) in [7, 11) is 0.